The number of alkyl halides is 3. The molecule has 1 N–H and O–H groups in total. The molecule has 2 amide bonds. The van der Waals surface area contributed by atoms with Gasteiger partial charge in [-0.1, -0.05) is 70.9 Å². The number of furan rings is 1. The maximum absolute atomic E-state index is 12.6. The minimum absolute atomic E-state index is 0.0488. The molecule has 12 heteroatoms. The summed E-state index contributed by atoms with van der Waals surface area (Å²) in [6, 6.07) is 9.76. The highest BCUT2D eigenvalue weighted by atomic mass is 35.6. The number of nitrogens with one attached hydrogen (secondary N) is 1. The predicted octanol–water partition coefficient (Wildman–Crippen LogP) is 5.02. The minimum Gasteiger partial charge on any atom is -0.466 e. The Morgan fingerprint density at radius 3 is 2.64 bits per heavy atom. The van der Waals surface area contributed by atoms with Crippen molar-refractivity contribution in [2.24, 2.45) is 0 Å². The molecule has 0 radical (unpaired) electrons. The molecule has 176 valence electrons. The highest BCUT2D eigenvalue weighted by molar-refractivity contribution is 8.26. The van der Waals surface area contributed by atoms with E-state index in [4.69, 9.17) is 60.9 Å². The second kappa shape index (κ2) is 11.6. The first-order chi connectivity index (χ1) is 15.7. The lowest BCUT2D eigenvalue weighted by molar-refractivity contribution is -0.122. The molecule has 1 aliphatic rings. The van der Waals surface area contributed by atoms with Crippen molar-refractivity contribution < 1.29 is 23.5 Å². The Morgan fingerprint density at radius 1 is 1.30 bits per heavy atom. The largest absolute Gasteiger partial charge is 0.466 e. The van der Waals surface area contributed by atoms with Crippen molar-refractivity contribution in [1.82, 2.24) is 10.2 Å². The van der Waals surface area contributed by atoms with Gasteiger partial charge in [-0.3, -0.25) is 14.5 Å². The van der Waals surface area contributed by atoms with Gasteiger partial charge >= 0.3 is 0 Å². The molecule has 1 aromatic carbocycles. The van der Waals surface area contributed by atoms with Gasteiger partial charge in [-0.15, -0.1) is 0 Å². The van der Waals surface area contributed by atoms with E-state index < -0.39 is 15.9 Å². The summed E-state index contributed by atoms with van der Waals surface area (Å²) < 4.78 is 14.3. The Balaban J connectivity index is 1.67. The Kier molecular flexibility index (Phi) is 9.09. The number of carbonyl (C=O) groups excluding carboxylic acids is 2. The first-order valence-corrected chi connectivity index (χ1v) is 12.0. The number of hydrogen-bond donors (Lipinski definition) is 1. The van der Waals surface area contributed by atoms with E-state index in [1.807, 2.05) is 0 Å². The summed E-state index contributed by atoms with van der Waals surface area (Å²) in [6.07, 6.45) is 2.51. The standard InChI is InChI=1S/C21H19Cl3N2O5S2/c1-29-10-3-9-26-18(28)16(33-20(26)32)12-13-5-7-14(8-6-13)31-19(21(22,23)24)25-17(27)15-4-2-11-30-15/h2,4-8,11-12,19H,3,9-10H2,1H3,(H,25,27)/b16-12-. The predicted molar refractivity (Wildman–Crippen MR) is 134 cm³/mol. The van der Waals surface area contributed by atoms with Gasteiger partial charge in [0.1, 0.15) is 10.1 Å². The summed E-state index contributed by atoms with van der Waals surface area (Å²) in [4.78, 5) is 27.0. The molecular weight excluding hydrogens is 531 g/mol. The fourth-order valence-electron chi connectivity index (χ4n) is 2.77. The molecule has 7 nitrogen and oxygen atoms in total. The van der Waals surface area contributed by atoms with Crippen molar-refractivity contribution in [2.45, 2.75) is 16.4 Å². The summed E-state index contributed by atoms with van der Waals surface area (Å²) in [5.41, 5.74) is 0.754. The molecule has 1 aromatic heterocycles. The number of methoxy groups -OCH3 is 1. The van der Waals surface area contributed by atoms with Crippen molar-refractivity contribution in [2.75, 3.05) is 20.3 Å². The molecule has 1 saturated heterocycles. The maximum atomic E-state index is 12.6. The molecule has 0 saturated carbocycles. The third kappa shape index (κ3) is 7.11. The van der Waals surface area contributed by atoms with Gasteiger partial charge in [0.2, 0.25) is 10.0 Å². The second-order valence-electron chi connectivity index (χ2n) is 6.74. The van der Waals surface area contributed by atoms with Crippen LogP contribution in [0.3, 0.4) is 0 Å². The quantitative estimate of drug-likeness (QED) is 0.155. The van der Waals surface area contributed by atoms with Gasteiger partial charge in [-0.2, -0.15) is 0 Å². The lowest BCUT2D eigenvalue weighted by Gasteiger charge is -2.26. The van der Waals surface area contributed by atoms with Crippen LogP contribution in [0.25, 0.3) is 6.08 Å². The lowest BCUT2D eigenvalue weighted by Crippen LogP contribution is -2.47. The van der Waals surface area contributed by atoms with Crippen molar-refractivity contribution in [3.05, 3.63) is 58.9 Å². The van der Waals surface area contributed by atoms with Crippen LogP contribution in [0.1, 0.15) is 22.5 Å². The van der Waals surface area contributed by atoms with Gasteiger partial charge in [0.05, 0.1) is 11.2 Å². The summed E-state index contributed by atoms with van der Waals surface area (Å²) in [5, 5.41) is 2.48. The number of thioether (sulfide) groups is 1. The van der Waals surface area contributed by atoms with Crippen LogP contribution in [0.2, 0.25) is 0 Å². The fraction of sp³-hybridized carbons (Fsp3) is 0.286. The van der Waals surface area contributed by atoms with E-state index >= 15 is 0 Å². The van der Waals surface area contributed by atoms with Gasteiger partial charge in [-0.25, -0.2) is 0 Å². The number of carbonyl (C=O) groups is 2. The number of nitrogens with zero attached hydrogens (tertiary/aromatic N) is 1. The average Bonchev–Trinajstić information content (AvgIpc) is 3.39. The van der Waals surface area contributed by atoms with E-state index in [1.165, 1.54) is 24.1 Å². The zero-order chi connectivity index (χ0) is 24.0. The first kappa shape index (κ1) is 25.9. The maximum Gasteiger partial charge on any atom is 0.289 e. The Labute approximate surface area is 215 Å². The third-order valence-electron chi connectivity index (χ3n) is 4.34. The number of benzene rings is 1. The highest BCUT2D eigenvalue weighted by Crippen LogP contribution is 2.34. The summed E-state index contributed by atoms with van der Waals surface area (Å²) >= 11 is 24.5. The van der Waals surface area contributed by atoms with Gasteiger partial charge in [0, 0.05) is 20.3 Å². The van der Waals surface area contributed by atoms with E-state index in [1.54, 1.807) is 48.4 Å². The van der Waals surface area contributed by atoms with Crippen LogP contribution in [0.15, 0.2) is 52.0 Å². The number of thiocarbonyl (C=S) groups is 1. The first-order valence-electron chi connectivity index (χ1n) is 9.61. The number of halogens is 3. The molecule has 3 rings (SSSR count). The van der Waals surface area contributed by atoms with E-state index in [2.05, 4.69) is 5.32 Å². The molecule has 0 aliphatic carbocycles. The third-order valence-corrected chi connectivity index (χ3v) is 6.31. The number of rotatable bonds is 9. The van der Waals surface area contributed by atoms with Gasteiger partial charge < -0.3 is 19.2 Å². The van der Waals surface area contributed by atoms with Crippen LogP contribution in [0.4, 0.5) is 0 Å². The van der Waals surface area contributed by atoms with E-state index in [-0.39, 0.29) is 11.7 Å². The summed E-state index contributed by atoms with van der Waals surface area (Å²) in [7, 11) is 1.61. The van der Waals surface area contributed by atoms with Crippen LogP contribution < -0.4 is 10.1 Å². The fourth-order valence-corrected chi connectivity index (χ4v) is 4.37. The second-order valence-corrected chi connectivity index (χ2v) is 10.8. The van der Waals surface area contributed by atoms with E-state index in [9.17, 15) is 9.59 Å². The minimum atomic E-state index is -1.95. The molecule has 2 heterocycles. The number of amides is 2. The van der Waals surface area contributed by atoms with Crippen molar-refractivity contribution >= 4 is 81.0 Å². The van der Waals surface area contributed by atoms with Gasteiger partial charge in [0.25, 0.3) is 11.8 Å². The zero-order valence-electron chi connectivity index (χ0n) is 17.3. The number of ether oxygens (including phenoxy) is 2. The van der Waals surface area contributed by atoms with E-state index in [0.717, 1.165) is 5.56 Å². The van der Waals surface area contributed by atoms with Crippen LogP contribution in [0.5, 0.6) is 5.75 Å². The topological polar surface area (TPSA) is 81.0 Å². The molecule has 0 spiro atoms. The zero-order valence-corrected chi connectivity index (χ0v) is 21.2. The van der Waals surface area contributed by atoms with Crippen LogP contribution in [-0.2, 0) is 9.53 Å². The summed E-state index contributed by atoms with van der Waals surface area (Å²) in [6.45, 7) is 1.06. The highest BCUT2D eigenvalue weighted by Gasteiger charge is 2.37. The number of hydrogen-bond acceptors (Lipinski definition) is 7. The van der Waals surface area contributed by atoms with Gasteiger partial charge in [0.15, 0.2) is 5.76 Å². The molecule has 33 heavy (non-hydrogen) atoms. The van der Waals surface area contributed by atoms with Gasteiger partial charge in [-0.05, 0) is 42.3 Å². The molecule has 1 atom stereocenters. The summed E-state index contributed by atoms with van der Waals surface area (Å²) in [5.74, 6) is -0.345. The Hall–Kier alpha value is -1.75. The Bertz CT molecular complexity index is 1020. The molecule has 1 unspecified atom stereocenters. The molecular formula is C21H19Cl3N2O5S2. The Morgan fingerprint density at radius 2 is 2.03 bits per heavy atom. The molecule has 1 aliphatic heterocycles. The molecule has 1 fully saturated rings. The average molecular weight is 550 g/mol. The van der Waals surface area contributed by atoms with E-state index in [0.29, 0.717) is 34.5 Å². The van der Waals surface area contributed by atoms with Crippen molar-refractivity contribution in [1.29, 1.82) is 0 Å². The van der Waals surface area contributed by atoms with Crippen LogP contribution in [-0.4, -0.2) is 51.3 Å². The van der Waals surface area contributed by atoms with Crippen LogP contribution in [0, 0.1) is 0 Å². The lowest BCUT2D eigenvalue weighted by atomic mass is 10.2. The van der Waals surface area contributed by atoms with Crippen molar-refractivity contribution in [3.63, 3.8) is 0 Å². The normalized spacial score (nSPS) is 16.4. The van der Waals surface area contributed by atoms with Crippen LogP contribution >= 0.6 is 58.8 Å². The molecule has 2 aromatic rings. The smallest absolute Gasteiger partial charge is 0.289 e. The SMILES string of the molecule is COCCCN1C(=O)/C(=C/c2ccc(OC(NC(=O)c3ccco3)C(Cl)(Cl)Cl)cc2)SC1=S. The monoisotopic (exact) mass is 548 g/mol. The molecule has 0 bridgehead atoms. The van der Waals surface area contributed by atoms with Crippen molar-refractivity contribution in [3.8, 4) is 5.75 Å².